The van der Waals surface area contributed by atoms with Crippen LogP contribution in [0.15, 0.2) is 36.7 Å². The molecule has 0 radical (unpaired) electrons. The zero-order valence-corrected chi connectivity index (χ0v) is 19.1. The number of nitrogens with zero attached hydrogens (tertiary/aromatic N) is 2. The quantitative estimate of drug-likeness (QED) is 0.197. The van der Waals surface area contributed by atoms with Gasteiger partial charge in [-0.05, 0) is 44.0 Å². The average Bonchev–Trinajstić information content (AvgIpc) is 2.79. The fourth-order valence-electron chi connectivity index (χ4n) is 2.96. The first kappa shape index (κ1) is 24.8. The number of ether oxygens (including phenoxy) is 3. The van der Waals surface area contributed by atoms with E-state index in [9.17, 15) is 4.79 Å². The predicted molar refractivity (Wildman–Crippen MR) is 122 cm³/mol. The Morgan fingerprint density at radius 2 is 1.48 bits per heavy atom. The maximum atomic E-state index is 12.1. The van der Waals surface area contributed by atoms with Crippen LogP contribution in [0.25, 0.3) is 11.4 Å². The van der Waals surface area contributed by atoms with E-state index in [4.69, 9.17) is 14.2 Å². The molecule has 0 N–H and O–H groups in total. The van der Waals surface area contributed by atoms with Gasteiger partial charge < -0.3 is 14.2 Å². The lowest BCUT2D eigenvalue weighted by atomic mass is 10.1. The maximum absolute atomic E-state index is 12.1. The van der Waals surface area contributed by atoms with Crippen LogP contribution in [0.1, 0.15) is 72.1 Å². The summed E-state index contributed by atoms with van der Waals surface area (Å²) in [5.74, 6) is 1.35. The molecule has 2 rings (SSSR count). The van der Waals surface area contributed by atoms with E-state index in [1.165, 1.54) is 32.1 Å². The minimum Gasteiger partial charge on any atom is -0.490 e. The molecule has 0 fully saturated rings. The smallest absolute Gasteiger partial charge is 0.340 e. The number of hydrogen-bond donors (Lipinski definition) is 0. The second-order valence-electron chi connectivity index (χ2n) is 7.67. The van der Waals surface area contributed by atoms with Crippen molar-refractivity contribution in [2.75, 3.05) is 13.2 Å². The Balaban J connectivity index is 1.77. The first-order valence-electron chi connectivity index (χ1n) is 11.5. The van der Waals surface area contributed by atoms with E-state index >= 15 is 0 Å². The average molecular weight is 429 g/mol. The van der Waals surface area contributed by atoms with Crippen molar-refractivity contribution in [1.82, 2.24) is 9.97 Å². The molecule has 1 atom stereocenters. The molecule has 0 bridgehead atoms. The SMILES string of the molecule is CCCCCCCCOc1cnc(-c2ccc(OC(=O)C(C)OCCCC)cc2)nc1. The monoisotopic (exact) mass is 428 g/mol. The van der Waals surface area contributed by atoms with Gasteiger partial charge in [-0.3, -0.25) is 0 Å². The maximum Gasteiger partial charge on any atom is 0.340 e. The van der Waals surface area contributed by atoms with E-state index in [-0.39, 0.29) is 0 Å². The molecule has 0 amide bonds. The van der Waals surface area contributed by atoms with Gasteiger partial charge in [0.05, 0.1) is 19.0 Å². The molecule has 31 heavy (non-hydrogen) atoms. The number of carbonyl (C=O) groups excluding carboxylic acids is 1. The molecule has 1 heterocycles. The summed E-state index contributed by atoms with van der Waals surface area (Å²) in [4.78, 5) is 20.9. The van der Waals surface area contributed by atoms with Gasteiger partial charge in [-0.15, -0.1) is 0 Å². The molecule has 0 aliphatic carbocycles. The molecular weight excluding hydrogens is 392 g/mol. The molecule has 170 valence electrons. The minimum absolute atomic E-state index is 0.396. The largest absolute Gasteiger partial charge is 0.490 e. The molecule has 2 aromatic rings. The van der Waals surface area contributed by atoms with E-state index < -0.39 is 12.1 Å². The molecule has 6 nitrogen and oxygen atoms in total. The van der Waals surface area contributed by atoms with Crippen molar-refractivity contribution in [2.24, 2.45) is 0 Å². The number of carbonyl (C=O) groups is 1. The highest BCUT2D eigenvalue weighted by Crippen LogP contribution is 2.21. The van der Waals surface area contributed by atoms with Crippen molar-refractivity contribution < 1.29 is 19.0 Å². The number of esters is 1. The summed E-state index contributed by atoms with van der Waals surface area (Å²) in [5, 5.41) is 0. The Morgan fingerprint density at radius 1 is 0.839 bits per heavy atom. The second kappa shape index (κ2) is 14.5. The lowest BCUT2D eigenvalue weighted by molar-refractivity contribution is -0.146. The van der Waals surface area contributed by atoms with Crippen LogP contribution in [0.3, 0.4) is 0 Å². The van der Waals surface area contributed by atoms with Gasteiger partial charge >= 0.3 is 5.97 Å². The molecular formula is C25H36N2O4. The van der Waals surface area contributed by atoms with Crippen LogP contribution in [-0.4, -0.2) is 35.3 Å². The first-order chi connectivity index (χ1) is 15.1. The Bertz CT molecular complexity index is 747. The molecule has 0 saturated heterocycles. The van der Waals surface area contributed by atoms with Crippen LogP contribution in [0, 0.1) is 0 Å². The molecule has 0 saturated carbocycles. The van der Waals surface area contributed by atoms with E-state index in [0.717, 1.165) is 24.8 Å². The summed E-state index contributed by atoms with van der Waals surface area (Å²) in [6.45, 7) is 7.25. The predicted octanol–water partition coefficient (Wildman–Crippen LogP) is 5.99. The fourth-order valence-corrected chi connectivity index (χ4v) is 2.96. The van der Waals surface area contributed by atoms with Crippen molar-refractivity contribution in [2.45, 2.75) is 78.2 Å². The van der Waals surface area contributed by atoms with Crippen molar-refractivity contribution in [3.05, 3.63) is 36.7 Å². The van der Waals surface area contributed by atoms with Gasteiger partial charge in [0.2, 0.25) is 0 Å². The third-order valence-corrected chi connectivity index (χ3v) is 4.92. The lowest BCUT2D eigenvalue weighted by Gasteiger charge is -2.12. The first-order valence-corrected chi connectivity index (χ1v) is 11.5. The highest BCUT2D eigenvalue weighted by Gasteiger charge is 2.15. The molecule has 1 aromatic heterocycles. The summed E-state index contributed by atoms with van der Waals surface area (Å²) in [6, 6.07) is 7.13. The molecule has 0 spiro atoms. The standard InChI is InChI=1S/C25H36N2O4/c1-4-6-8-9-10-11-17-30-23-18-26-24(27-19-23)21-12-14-22(15-13-21)31-25(28)20(3)29-16-7-5-2/h12-15,18-20H,4-11,16-17H2,1-3H3. The topological polar surface area (TPSA) is 70.5 Å². The Labute approximate surface area is 186 Å². The van der Waals surface area contributed by atoms with Crippen LogP contribution in [0.5, 0.6) is 11.5 Å². The zero-order chi connectivity index (χ0) is 22.3. The number of unbranched alkanes of at least 4 members (excludes halogenated alkanes) is 6. The summed E-state index contributed by atoms with van der Waals surface area (Å²) in [6.07, 6.45) is 12.2. The van der Waals surface area contributed by atoms with Gasteiger partial charge in [0.1, 0.15) is 5.75 Å². The van der Waals surface area contributed by atoms with E-state index in [1.807, 2.05) is 12.1 Å². The highest BCUT2D eigenvalue weighted by atomic mass is 16.6. The highest BCUT2D eigenvalue weighted by molar-refractivity contribution is 5.77. The summed E-state index contributed by atoms with van der Waals surface area (Å²) >= 11 is 0. The molecule has 1 unspecified atom stereocenters. The third-order valence-electron chi connectivity index (χ3n) is 4.92. The Hall–Kier alpha value is -2.47. The van der Waals surface area contributed by atoms with Gasteiger partial charge in [-0.1, -0.05) is 52.4 Å². The van der Waals surface area contributed by atoms with Gasteiger partial charge in [0.15, 0.2) is 17.7 Å². The van der Waals surface area contributed by atoms with Crippen molar-refractivity contribution in [1.29, 1.82) is 0 Å². The molecule has 0 aliphatic heterocycles. The normalized spacial score (nSPS) is 11.8. The minimum atomic E-state index is -0.585. The van der Waals surface area contributed by atoms with Crippen molar-refractivity contribution in [3.8, 4) is 22.9 Å². The van der Waals surface area contributed by atoms with Crippen LogP contribution in [0.4, 0.5) is 0 Å². The van der Waals surface area contributed by atoms with Crippen LogP contribution < -0.4 is 9.47 Å². The zero-order valence-electron chi connectivity index (χ0n) is 19.1. The second-order valence-corrected chi connectivity index (χ2v) is 7.67. The summed E-state index contributed by atoms with van der Waals surface area (Å²) in [5.41, 5.74) is 0.842. The number of benzene rings is 1. The number of hydrogen-bond acceptors (Lipinski definition) is 6. The third kappa shape index (κ3) is 9.47. The Kier molecular flexibility index (Phi) is 11.6. The number of aromatic nitrogens is 2. The van der Waals surface area contributed by atoms with E-state index in [1.54, 1.807) is 31.5 Å². The van der Waals surface area contributed by atoms with E-state index in [0.29, 0.717) is 30.5 Å². The molecule has 1 aromatic carbocycles. The van der Waals surface area contributed by atoms with Crippen molar-refractivity contribution in [3.63, 3.8) is 0 Å². The molecule has 6 heteroatoms. The summed E-state index contributed by atoms with van der Waals surface area (Å²) in [7, 11) is 0. The van der Waals surface area contributed by atoms with Gasteiger partial charge in [0.25, 0.3) is 0 Å². The molecule has 0 aliphatic rings. The number of rotatable bonds is 15. The van der Waals surface area contributed by atoms with Crippen LogP contribution in [0.2, 0.25) is 0 Å². The van der Waals surface area contributed by atoms with E-state index in [2.05, 4.69) is 23.8 Å². The summed E-state index contributed by atoms with van der Waals surface area (Å²) < 4.78 is 16.6. The van der Waals surface area contributed by atoms with Gasteiger partial charge in [-0.2, -0.15) is 0 Å². The van der Waals surface area contributed by atoms with Crippen LogP contribution >= 0.6 is 0 Å². The van der Waals surface area contributed by atoms with Gasteiger partial charge in [0, 0.05) is 12.2 Å². The van der Waals surface area contributed by atoms with Gasteiger partial charge in [-0.25, -0.2) is 14.8 Å². The fraction of sp³-hybridized carbons (Fsp3) is 0.560. The Morgan fingerprint density at radius 3 is 2.16 bits per heavy atom. The lowest BCUT2D eigenvalue weighted by Crippen LogP contribution is -2.26. The van der Waals surface area contributed by atoms with Crippen molar-refractivity contribution >= 4 is 5.97 Å². The van der Waals surface area contributed by atoms with Crippen LogP contribution in [-0.2, 0) is 9.53 Å².